The Labute approximate surface area is 125 Å². The summed E-state index contributed by atoms with van der Waals surface area (Å²) in [4.78, 5) is 11.2. The van der Waals surface area contributed by atoms with Crippen LogP contribution in [0.3, 0.4) is 0 Å². The van der Waals surface area contributed by atoms with Gasteiger partial charge in [-0.15, -0.1) is 0 Å². The zero-order chi connectivity index (χ0) is 15.0. The number of carboxylic acids is 1. The minimum absolute atomic E-state index is 0.0789. The molecule has 0 radical (unpaired) electrons. The van der Waals surface area contributed by atoms with E-state index in [0.717, 1.165) is 5.52 Å². The van der Waals surface area contributed by atoms with Gasteiger partial charge in [0.1, 0.15) is 5.82 Å². The number of halogens is 2. The van der Waals surface area contributed by atoms with Crippen LogP contribution >= 0.6 is 11.6 Å². The predicted molar refractivity (Wildman–Crippen MR) is 79.4 cm³/mol. The lowest BCUT2D eigenvalue weighted by molar-refractivity contribution is 0.0699. The summed E-state index contributed by atoms with van der Waals surface area (Å²) >= 11 is 5.78. The van der Waals surface area contributed by atoms with Crippen molar-refractivity contribution in [1.29, 1.82) is 0 Å². The Kier molecular flexibility index (Phi) is 3.39. The molecular formula is C16H11ClFNO2. The summed E-state index contributed by atoms with van der Waals surface area (Å²) in [6.07, 6.45) is 1.75. The number of benzene rings is 2. The maximum Gasteiger partial charge on any atom is 0.336 e. The highest BCUT2D eigenvalue weighted by Crippen LogP contribution is 2.23. The number of carboxylic acid groups (broad SMARTS) is 1. The van der Waals surface area contributed by atoms with Crippen molar-refractivity contribution in [3.63, 3.8) is 0 Å². The molecule has 3 aromatic rings. The number of aromatic carboxylic acids is 1. The molecule has 0 unspecified atom stereocenters. The van der Waals surface area contributed by atoms with Crippen LogP contribution in [-0.2, 0) is 6.54 Å². The first-order valence-corrected chi connectivity index (χ1v) is 6.70. The number of nitrogens with zero attached hydrogens (tertiary/aromatic N) is 1. The van der Waals surface area contributed by atoms with E-state index < -0.39 is 11.8 Å². The predicted octanol–water partition coefficient (Wildman–Crippen LogP) is 4.18. The molecule has 0 saturated carbocycles. The Morgan fingerprint density at radius 3 is 2.71 bits per heavy atom. The van der Waals surface area contributed by atoms with Crippen LogP contribution < -0.4 is 0 Å². The Balaban J connectivity index is 2.08. The second-order valence-corrected chi connectivity index (χ2v) is 5.11. The van der Waals surface area contributed by atoms with E-state index in [1.165, 1.54) is 6.07 Å². The summed E-state index contributed by atoms with van der Waals surface area (Å²) in [7, 11) is 0. The third kappa shape index (κ3) is 2.38. The van der Waals surface area contributed by atoms with E-state index in [0.29, 0.717) is 17.5 Å². The molecule has 0 bridgehead atoms. The highest BCUT2D eigenvalue weighted by atomic mass is 35.5. The van der Waals surface area contributed by atoms with Gasteiger partial charge in [-0.25, -0.2) is 9.18 Å². The molecule has 1 N–H and O–H groups in total. The van der Waals surface area contributed by atoms with Crippen molar-refractivity contribution in [2.24, 2.45) is 0 Å². The molecule has 0 aliphatic rings. The largest absolute Gasteiger partial charge is 0.478 e. The first-order valence-electron chi connectivity index (χ1n) is 6.32. The van der Waals surface area contributed by atoms with Gasteiger partial charge in [0.05, 0.1) is 17.1 Å². The summed E-state index contributed by atoms with van der Waals surface area (Å²) in [5.41, 5.74) is 1.44. The summed E-state index contributed by atoms with van der Waals surface area (Å²) in [5.74, 6) is -1.43. The van der Waals surface area contributed by atoms with Gasteiger partial charge in [0.2, 0.25) is 0 Å². The van der Waals surface area contributed by atoms with E-state index >= 15 is 0 Å². The standard InChI is InChI=1S/C16H11ClFNO2/c17-13-5-1-3-10(15(13)18)9-19-8-7-11-12(16(20)21)4-2-6-14(11)19/h1-8H,9H2,(H,20,21). The smallest absolute Gasteiger partial charge is 0.336 e. The molecule has 1 heterocycles. The fraction of sp³-hybridized carbons (Fsp3) is 0.0625. The average Bonchev–Trinajstić information content (AvgIpc) is 2.87. The lowest BCUT2D eigenvalue weighted by Crippen LogP contribution is -2.02. The van der Waals surface area contributed by atoms with Gasteiger partial charge in [0, 0.05) is 22.7 Å². The van der Waals surface area contributed by atoms with Crippen molar-refractivity contribution in [3.05, 3.63) is 70.6 Å². The number of carbonyl (C=O) groups is 1. The van der Waals surface area contributed by atoms with Gasteiger partial charge in [-0.2, -0.15) is 0 Å². The molecule has 0 spiro atoms. The van der Waals surface area contributed by atoms with Crippen molar-refractivity contribution in [1.82, 2.24) is 4.57 Å². The molecule has 2 aromatic carbocycles. The zero-order valence-electron chi connectivity index (χ0n) is 10.9. The minimum atomic E-state index is -0.979. The van der Waals surface area contributed by atoms with Crippen LogP contribution in [0, 0.1) is 5.82 Å². The van der Waals surface area contributed by atoms with Gasteiger partial charge in [-0.05, 0) is 24.3 Å². The monoisotopic (exact) mass is 303 g/mol. The number of aromatic nitrogens is 1. The summed E-state index contributed by atoms with van der Waals surface area (Å²) < 4.78 is 15.8. The molecule has 1 aromatic heterocycles. The molecule has 0 aliphatic heterocycles. The van der Waals surface area contributed by atoms with Crippen molar-refractivity contribution in [2.75, 3.05) is 0 Å². The van der Waals surface area contributed by atoms with Gasteiger partial charge in [-0.1, -0.05) is 29.8 Å². The van der Waals surface area contributed by atoms with Crippen molar-refractivity contribution < 1.29 is 14.3 Å². The van der Waals surface area contributed by atoms with E-state index in [-0.39, 0.29) is 10.6 Å². The van der Waals surface area contributed by atoms with Crippen LogP contribution in [0.1, 0.15) is 15.9 Å². The van der Waals surface area contributed by atoms with Crippen molar-refractivity contribution in [3.8, 4) is 0 Å². The number of hydrogen-bond donors (Lipinski definition) is 1. The van der Waals surface area contributed by atoms with Crippen LogP contribution in [0.4, 0.5) is 4.39 Å². The van der Waals surface area contributed by atoms with Gasteiger partial charge < -0.3 is 9.67 Å². The molecular weight excluding hydrogens is 293 g/mol. The van der Waals surface area contributed by atoms with Gasteiger partial charge in [0.15, 0.2) is 0 Å². The molecule has 21 heavy (non-hydrogen) atoms. The van der Waals surface area contributed by atoms with Crippen molar-refractivity contribution in [2.45, 2.75) is 6.54 Å². The maximum atomic E-state index is 14.0. The zero-order valence-corrected chi connectivity index (χ0v) is 11.6. The van der Waals surface area contributed by atoms with Crippen LogP contribution in [0.5, 0.6) is 0 Å². The normalized spacial score (nSPS) is 11.0. The quantitative estimate of drug-likeness (QED) is 0.788. The third-order valence-corrected chi connectivity index (χ3v) is 3.71. The highest BCUT2D eigenvalue weighted by molar-refractivity contribution is 6.30. The van der Waals surface area contributed by atoms with E-state index in [9.17, 15) is 14.3 Å². The Morgan fingerprint density at radius 2 is 1.95 bits per heavy atom. The van der Waals surface area contributed by atoms with Crippen LogP contribution in [0.15, 0.2) is 48.7 Å². The highest BCUT2D eigenvalue weighted by Gasteiger charge is 2.12. The van der Waals surface area contributed by atoms with E-state index in [1.807, 2.05) is 6.07 Å². The van der Waals surface area contributed by atoms with E-state index in [1.54, 1.807) is 41.1 Å². The Hall–Kier alpha value is -2.33. The number of hydrogen-bond acceptors (Lipinski definition) is 1. The second kappa shape index (κ2) is 5.22. The molecule has 3 nitrogen and oxygen atoms in total. The lowest BCUT2D eigenvalue weighted by Gasteiger charge is -2.08. The SMILES string of the molecule is O=C(O)c1cccc2c1ccn2Cc1cccc(Cl)c1F. The molecule has 0 saturated heterocycles. The minimum Gasteiger partial charge on any atom is -0.478 e. The molecule has 3 rings (SSSR count). The van der Waals surface area contributed by atoms with Crippen LogP contribution in [-0.4, -0.2) is 15.6 Å². The summed E-state index contributed by atoms with van der Waals surface area (Å²) in [6.45, 7) is 0.291. The maximum absolute atomic E-state index is 14.0. The van der Waals surface area contributed by atoms with Gasteiger partial charge in [0.25, 0.3) is 0 Å². The Bertz CT molecular complexity index is 841. The number of fused-ring (bicyclic) bond motifs is 1. The fourth-order valence-electron chi connectivity index (χ4n) is 2.40. The van der Waals surface area contributed by atoms with Crippen LogP contribution in [0.2, 0.25) is 5.02 Å². The van der Waals surface area contributed by atoms with Gasteiger partial charge >= 0.3 is 5.97 Å². The lowest BCUT2D eigenvalue weighted by atomic mass is 10.1. The molecule has 0 amide bonds. The molecule has 5 heteroatoms. The fourth-order valence-corrected chi connectivity index (χ4v) is 2.60. The van der Waals surface area contributed by atoms with Crippen molar-refractivity contribution >= 4 is 28.5 Å². The van der Waals surface area contributed by atoms with E-state index in [2.05, 4.69) is 0 Å². The van der Waals surface area contributed by atoms with Gasteiger partial charge in [-0.3, -0.25) is 0 Å². The molecule has 0 fully saturated rings. The number of rotatable bonds is 3. The van der Waals surface area contributed by atoms with E-state index in [4.69, 9.17) is 11.6 Å². The topological polar surface area (TPSA) is 42.2 Å². The Morgan fingerprint density at radius 1 is 1.19 bits per heavy atom. The summed E-state index contributed by atoms with van der Waals surface area (Å²) in [5, 5.41) is 9.89. The molecule has 0 atom stereocenters. The molecule has 0 aliphatic carbocycles. The third-order valence-electron chi connectivity index (χ3n) is 3.42. The first-order chi connectivity index (χ1) is 10.1. The first kappa shape index (κ1) is 13.6. The average molecular weight is 304 g/mol. The second-order valence-electron chi connectivity index (χ2n) is 4.70. The van der Waals surface area contributed by atoms with Crippen LogP contribution in [0.25, 0.3) is 10.9 Å². The molecule has 106 valence electrons. The summed E-state index contributed by atoms with van der Waals surface area (Å²) in [6, 6.07) is 11.6.